The van der Waals surface area contributed by atoms with Crippen LogP contribution in [0.1, 0.15) is 12.8 Å². The summed E-state index contributed by atoms with van der Waals surface area (Å²) in [7, 11) is 1.90. The Labute approximate surface area is 61.2 Å². The maximum absolute atomic E-state index is 10.4. The van der Waals surface area contributed by atoms with Crippen molar-refractivity contribution in [1.29, 1.82) is 0 Å². The first kappa shape index (κ1) is 7.69. The van der Waals surface area contributed by atoms with E-state index in [-0.39, 0.29) is 5.54 Å². The lowest BCUT2D eigenvalue weighted by atomic mass is 10.3. The maximum Gasteiger partial charge on any atom is 0.140 e. The van der Waals surface area contributed by atoms with Crippen LogP contribution in [0.2, 0.25) is 0 Å². The third kappa shape index (κ3) is 1.78. The number of hydrogen-bond donors (Lipinski definition) is 2. The molecule has 0 aromatic carbocycles. The van der Waals surface area contributed by atoms with Gasteiger partial charge in [0.05, 0.1) is 5.54 Å². The summed E-state index contributed by atoms with van der Waals surface area (Å²) in [5.41, 5.74) is -0.128. The molecule has 1 aliphatic rings. The summed E-state index contributed by atoms with van der Waals surface area (Å²) in [5, 5.41) is 6.20. The highest BCUT2D eigenvalue weighted by Crippen LogP contribution is 2.32. The Balaban J connectivity index is 2.07. The van der Waals surface area contributed by atoms with Crippen LogP contribution in [-0.4, -0.2) is 32.0 Å². The molecule has 0 unspecified atom stereocenters. The highest BCUT2D eigenvalue weighted by Gasteiger charge is 2.41. The molecule has 1 fully saturated rings. The number of carbonyl (C=O) groups is 1. The number of hydrogen-bond acceptors (Lipinski definition) is 3. The Morgan fingerprint density at radius 3 is 2.60 bits per heavy atom. The number of rotatable bonds is 5. The fourth-order valence-electron chi connectivity index (χ4n) is 0.907. The Hall–Kier alpha value is -0.410. The van der Waals surface area contributed by atoms with Gasteiger partial charge in [0.1, 0.15) is 6.29 Å². The predicted octanol–water partition coefficient (Wildman–Crippen LogP) is -0.473. The van der Waals surface area contributed by atoms with Gasteiger partial charge in [-0.25, -0.2) is 0 Å². The molecule has 0 aromatic heterocycles. The molecule has 0 aliphatic heterocycles. The average molecular weight is 142 g/mol. The molecule has 0 heterocycles. The predicted molar refractivity (Wildman–Crippen MR) is 40.0 cm³/mol. The van der Waals surface area contributed by atoms with Crippen molar-refractivity contribution in [3.63, 3.8) is 0 Å². The minimum absolute atomic E-state index is 0.128. The summed E-state index contributed by atoms with van der Waals surface area (Å²) >= 11 is 0. The molecule has 0 saturated heterocycles. The van der Waals surface area contributed by atoms with Crippen LogP contribution < -0.4 is 10.6 Å². The maximum atomic E-state index is 10.4. The lowest BCUT2D eigenvalue weighted by Crippen LogP contribution is -2.37. The van der Waals surface area contributed by atoms with E-state index in [9.17, 15) is 4.79 Å². The van der Waals surface area contributed by atoms with Crippen molar-refractivity contribution >= 4 is 6.29 Å². The normalized spacial score (nSPS) is 20.5. The molecule has 2 N–H and O–H groups in total. The van der Waals surface area contributed by atoms with Crippen LogP contribution >= 0.6 is 0 Å². The van der Waals surface area contributed by atoms with Gasteiger partial charge in [-0.1, -0.05) is 0 Å². The van der Waals surface area contributed by atoms with E-state index >= 15 is 0 Å². The van der Waals surface area contributed by atoms with Crippen molar-refractivity contribution in [3.05, 3.63) is 0 Å². The standard InChI is InChI=1S/C7H14N2O/c1-8-4-5-9-7(6-10)2-3-7/h6,8-9H,2-5H2,1H3. The fraction of sp³-hybridized carbons (Fsp3) is 0.857. The van der Waals surface area contributed by atoms with Crippen LogP contribution in [0.15, 0.2) is 0 Å². The SMILES string of the molecule is CNCCNC1(C=O)CC1. The van der Waals surface area contributed by atoms with Crippen LogP contribution in [0.5, 0.6) is 0 Å². The van der Waals surface area contributed by atoms with E-state index in [1.807, 2.05) is 7.05 Å². The Morgan fingerprint density at radius 2 is 2.20 bits per heavy atom. The molecule has 1 saturated carbocycles. The van der Waals surface area contributed by atoms with Crippen LogP contribution in [0.25, 0.3) is 0 Å². The topological polar surface area (TPSA) is 41.1 Å². The second kappa shape index (κ2) is 3.12. The van der Waals surface area contributed by atoms with Crippen molar-refractivity contribution < 1.29 is 4.79 Å². The second-order valence-electron chi connectivity index (χ2n) is 2.80. The Bertz CT molecular complexity index is 121. The minimum Gasteiger partial charge on any atom is -0.318 e. The first-order valence-electron chi connectivity index (χ1n) is 3.69. The molecular weight excluding hydrogens is 128 g/mol. The highest BCUT2D eigenvalue weighted by atomic mass is 16.1. The van der Waals surface area contributed by atoms with E-state index < -0.39 is 0 Å². The quantitative estimate of drug-likeness (QED) is 0.402. The molecule has 3 heteroatoms. The lowest BCUT2D eigenvalue weighted by molar-refractivity contribution is -0.110. The van der Waals surface area contributed by atoms with Crippen LogP contribution in [0.4, 0.5) is 0 Å². The number of aldehydes is 1. The van der Waals surface area contributed by atoms with Gasteiger partial charge in [0, 0.05) is 13.1 Å². The molecule has 3 nitrogen and oxygen atoms in total. The van der Waals surface area contributed by atoms with Gasteiger partial charge in [-0.3, -0.25) is 0 Å². The molecule has 0 amide bonds. The summed E-state index contributed by atoms with van der Waals surface area (Å²) < 4.78 is 0. The Morgan fingerprint density at radius 1 is 1.50 bits per heavy atom. The van der Waals surface area contributed by atoms with E-state index in [0.29, 0.717) is 0 Å². The smallest absolute Gasteiger partial charge is 0.140 e. The third-order valence-corrected chi connectivity index (χ3v) is 1.87. The van der Waals surface area contributed by atoms with Crippen LogP contribution in [-0.2, 0) is 4.79 Å². The Kier molecular flexibility index (Phi) is 2.40. The van der Waals surface area contributed by atoms with Gasteiger partial charge < -0.3 is 15.4 Å². The molecule has 58 valence electrons. The molecule has 0 radical (unpaired) electrons. The van der Waals surface area contributed by atoms with Gasteiger partial charge in [0.15, 0.2) is 0 Å². The molecule has 0 bridgehead atoms. The fourth-order valence-corrected chi connectivity index (χ4v) is 0.907. The average Bonchev–Trinajstić information content (AvgIpc) is 2.70. The van der Waals surface area contributed by atoms with Crippen LogP contribution in [0.3, 0.4) is 0 Å². The van der Waals surface area contributed by atoms with Crippen molar-refractivity contribution in [2.45, 2.75) is 18.4 Å². The largest absolute Gasteiger partial charge is 0.318 e. The monoisotopic (exact) mass is 142 g/mol. The third-order valence-electron chi connectivity index (χ3n) is 1.87. The van der Waals surface area contributed by atoms with Crippen molar-refractivity contribution in [1.82, 2.24) is 10.6 Å². The highest BCUT2D eigenvalue weighted by molar-refractivity contribution is 5.68. The first-order chi connectivity index (χ1) is 4.83. The van der Waals surface area contributed by atoms with Gasteiger partial charge in [0.25, 0.3) is 0 Å². The van der Waals surface area contributed by atoms with Gasteiger partial charge in [-0.15, -0.1) is 0 Å². The van der Waals surface area contributed by atoms with Gasteiger partial charge in [0.2, 0.25) is 0 Å². The molecule has 0 spiro atoms. The van der Waals surface area contributed by atoms with E-state index in [2.05, 4.69) is 10.6 Å². The summed E-state index contributed by atoms with van der Waals surface area (Å²) in [6.45, 7) is 1.81. The molecule has 0 aromatic rings. The summed E-state index contributed by atoms with van der Waals surface area (Å²) in [6.07, 6.45) is 3.06. The zero-order chi connectivity index (χ0) is 7.45. The number of carbonyl (C=O) groups excluding carboxylic acids is 1. The van der Waals surface area contributed by atoms with Gasteiger partial charge in [-0.2, -0.15) is 0 Å². The van der Waals surface area contributed by atoms with E-state index in [0.717, 1.165) is 32.2 Å². The van der Waals surface area contributed by atoms with E-state index in [1.54, 1.807) is 0 Å². The number of likely N-dealkylation sites (N-methyl/N-ethyl adjacent to an activating group) is 1. The summed E-state index contributed by atoms with van der Waals surface area (Å²) in [6, 6.07) is 0. The van der Waals surface area contributed by atoms with Gasteiger partial charge >= 0.3 is 0 Å². The van der Waals surface area contributed by atoms with Crippen LogP contribution in [0, 0.1) is 0 Å². The lowest BCUT2D eigenvalue weighted by Gasteiger charge is -2.08. The molecular formula is C7H14N2O. The second-order valence-corrected chi connectivity index (χ2v) is 2.80. The number of nitrogens with one attached hydrogen (secondary N) is 2. The molecule has 1 aliphatic carbocycles. The summed E-state index contributed by atoms with van der Waals surface area (Å²) in [5.74, 6) is 0. The van der Waals surface area contributed by atoms with Crippen molar-refractivity contribution in [2.24, 2.45) is 0 Å². The zero-order valence-corrected chi connectivity index (χ0v) is 6.31. The zero-order valence-electron chi connectivity index (χ0n) is 6.31. The molecule has 0 atom stereocenters. The molecule has 10 heavy (non-hydrogen) atoms. The van der Waals surface area contributed by atoms with E-state index in [4.69, 9.17) is 0 Å². The minimum atomic E-state index is -0.128. The summed E-state index contributed by atoms with van der Waals surface area (Å²) in [4.78, 5) is 10.4. The van der Waals surface area contributed by atoms with Crippen molar-refractivity contribution in [3.8, 4) is 0 Å². The molecule has 1 rings (SSSR count). The van der Waals surface area contributed by atoms with Crippen molar-refractivity contribution in [2.75, 3.05) is 20.1 Å². The first-order valence-corrected chi connectivity index (χ1v) is 3.69. The van der Waals surface area contributed by atoms with E-state index in [1.165, 1.54) is 0 Å². The van der Waals surface area contributed by atoms with Gasteiger partial charge in [-0.05, 0) is 19.9 Å².